The van der Waals surface area contributed by atoms with Gasteiger partial charge in [-0.05, 0) is 48.5 Å². The topological polar surface area (TPSA) is 21.8 Å². The average molecular weight is 188 g/mol. The van der Waals surface area contributed by atoms with Crippen LogP contribution < -0.4 is 0 Å². The fraction of sp³-hybridized carbons (Fsp3) is 1.00. The molecule has 0 aromatic heterocycles. The Morgan fingerprint density at radius 1 is 1.00 bits per heavy atom. The number of epoxide rings is 1. The van der Waals surface area contributed by atoms with Crippen LogP contribution in [0.1, 0.15) is 48.5 Å². The molecule has 1 saturated heterocycles. The summed E-state index contributed by atoms with van der Waals surface area (Å²) in [6.45, 7) is 15.4. The maximum atomic E-state index is 5.62. The highest BCUT2D eigenvalue weighted by Gasteiger charge is 2.19. The molecule has 1 unspecified atom stereocenters. The van der Waals surface area contributed by atoms with Gasteiger partial charge in [-0.15, -0.1) is 0 Å². The second-order valence-corrected chi connectivity index (χ2v) is 5.47. The Bertz CT molecular complexity index is 123. The zero-order chi connectivity index (χ0) is 10.7. The zero-order valence-electron chi connectivity index (χ0n) is 10.1. The van der Waals surface area contributed by atoms with Crippen LogP contribution in [0.4, 0.5) is 0 Å². The lowest BCUT2D eigenvalue weighted by Crippen LogP contribution is -2.31. The third-order valence-electron chi connectivity index (χ3n) is 1.11. The standard InChI is InChI=1S/C8H18O.C3H6O/c1-7(2,3)9-8(4,5)6;1-3-2-4-3/h1-6H3;3H,2H2,1H3. The van der Waals surface area contributed by atoms with Crippen LogP contribution in [0.3, 0.4) is 0 Å². The molecule has 1 heterocycles. The molecule has 1 aliphatic heterocycles. The van der Waals surface area contributed by atoms with Crippen molar-refractivity contribution >= 4 is 0 Å². The summed E-state index contributed by atoms with van der Waals surface area (Å²) in [5, 5.41) is 0. The molecule has 1 fully saturated rings. The van der Waals surface area contributed by atoms with Crippen LogP contribution in [-0.4, -0.2) is 23.9 Å². The minimum Gasteiger partial charge on any atom is -0.373 e. The molecule has 0 spiro atoms. The van der Waals surface area contributed by atoms with E-state index in [0.29, 0.717) is 6.10 Å². The van der Waals surface area contributed by atoms with Crippen molar-refractivity contribution < 1.29 is 9.47 Å². The summed E-state index contributed by atoms with van der Waals surface area (Å²) in [6.07, 6.45) is 0.583. The lowest BCUT2D eigenvalue weighted by atomic mass is 10.1. The summed E-state index contributed by atoms with van der Waals surface area (Å²) in [6, 6.07) is 0. The first-order valence-corrected chi connectivity index (χ1v) is 4.92. The summed E-state index contributed by atoms with van der Waals surface area (Å²) in [5.74, 6) is 0. The van der Waals surface area contributed by atoms with Crippen molar-refractivity contribution in [3.8, 4) is 0 Å². The molecule has 1 aliphatic rings. The van der Waals surface area contributed by atoms with E-state index < -0.39 is 0 Å². The van der Waals surface area contributed by atoms with Crippen LogP contribution >= 0.6 is 0 Å². The molecule has 0 aromatic rings. The minimum atomic E-state index is -0.0156. The van der Waals surface area contributed by atoms with Crippen molar-refractivity contribution in [1.29, 1.82) is 0 Å². The number of rotatable bonds is 0. The number of hydrogen-bond donors (Lipinski definition) is 0. The third kappa shape index (κ3) is 14.7. The first-order valence-electron chi connectivity index (χ1n) is 4.92. The predicted molar refractivity (Wildman–Crippen MR) is 56.0 cm³/mol. The minimum absolute atomic E-state index is 0.0156. The lowest BCUT2D eigenvalue weighted by Gasteiger charge is -2.30. The molecule has 2 nitrogen and oxygen atoms in total. The Morgan fingerprint density at radius 3 is 1.23 bits per heavy atom. The van der Waals surface area contributed by atoms with Gasteiger partial charge in [0.1, 0.15) is 0 Å². The van der Waals surface area contributed by atoms with Crippen LogP contribution in [0, 0.1) is 0 Å². The molecule has 0 aliphatic carbocycles. The first kappa shape index (κ1) is 12.9. The van der Waals surface area contributed by atoms with Gasteiger partial charge in [-0.2, -0.15) is 0 Å². The van der Waals surface area contributed by atoms with E-state index in [4.69, 9.17) is 9.47 Å². The molecule has 0 N–H and O–H groups in total. The molecule has 1 atom stereocenters. The van der Waals surface area contributed by atoms with Gasteiger partial charge in [0, 0.05) is 0 Å². The van der Waals surface area contributed by atoms with Gasteiger partial charge in [0.05, 0.1) is 23.9 Å². The molecule has 2 heteroatoms. The normalized spacial score (nSPS) is 21.9. The van der Waals surface area contributed by atoms with E-state index in [9.17, 15) is 0 Å². The van der Waals surface area contributed by atoms with Gasteiger partial charge in [0.25, 0.3) is 0 Å². The van der Waals surface area contributed by atoms with Gasteiger partial charge in [-0.1, -0.05) is 0 Å². The van der Waals surface area contributed by atoms with Crippen LogP contribution in [0.25, 0.3) is 0 Å². The maximum Gasteiger partial charge on any atom is 0.0781 e. The van der Waals surface area contributed by atoms with Gasteiger partial charge in [0.15, 0.2) is 0 Å². The number of ether oxygens (including phenoxy) is 2. The van der Waals surface area contributed by atoms with Crippen LogP contribution in [0.5, 0.6) is 0 Å². The Morgan fingerprint density at radius 2 is 1.23 bits per heavy atom. The summed E-state index contributed by atoms with van der Waals surface area (Å²) in [7, 11) is 0. The van der Waals surface area contributed by atoms with Crippen molar-refractivity contribution in [3.05, 3.63) is 0 Å². The molecule has 1 rings (SSSR count). The quantitative estimate of drug-likeness (QED) is 0.545. The monoisotopic (exact) mass is 188 g/mol. The molecule has 0 radical (unpaired) electrons. The van der Waals surface area contributed by atoms with Crippen LogP contribution in [-0.2, 0) is 9.47 Å². The van der Waals surface area contributed by atoms with Gasteiger partial charge < -0.3 is 9.47 Å². The van der Waals surface area contributed by atoms with E-state index in [1.54, 1.807) is 0 Å². The highest BCUT2D eigenvalue weighted by atomic mass is 16.6. The van der Waals surface area contributed by atoms with Crippen molar-refractivity contribution in [2.75, 3.05) is 6.61 Å². The van der Waals surface area contributed by atoms with E-state index in [0.717, 1.165) is 6.61 Å². The second-order valence-electron chi connectivity index (χ2n) is 5.47. The lowest BCUT2D eigenvalue weighted by molar-refractivity contribution is -0.102. The second kappa shape index (κ2) is 4.43. The van der Waals surface area contributed by atoms with E-state index in [-0.39, 0.29) is 11.2 Å². The largest absolute Gasteiger partial charge is 0.373 e. The molecule has 0 saturated carbocycles. The van der Waals surface area contributed by atoms with Crippen molar-refractivity contribution in [1.82, 2.24) is 0 Å². The molecular weight excluding hydrogens is 164 g/mol. The average Bonchev–Trinajstić information content (AvgIpc) is 2.39. The Hall–Kier alpha value is -0.0800. The van der Waals surface area contributed by atoms with E-state index in [1.165, 1.54) is 0 Å². The number of hydrogen-bond acceptors (Lipinski definition) is 2. The fourth-order valence-corrected chi connectivity index (χ4v) is 1.01. The smallest absolute Gasteiger partial charge is 0.0781 e. The highest BCUT2D eigenvalue weighted by Crippen LogP contribution is 2.17. The van der Waals surface area contributed by atoms with Crippen molar-refractivity contribution in [3.63, 3.8) is 0 Å². The molecule has 0 bridgehead atoms. The van der Waals surface area contributed by atoms with Gasteiger partial charge in [-0.3, -0.25) is 0 Å². The molecular formula is C11H24O2. The van der Waals surface area contributed by atoms with Gasteiger partial charge in [0.2, 0.25) is 0 Å². The van der Waals surface area contributed by atoms with Crippen molar-refractivity contribution in [2.45, 2.75) is 65.8 Å². The third-order valence-corrected chi connectivity index (χ3v) is 1.11. The molecule has 80 valence electrons. The Kier molecular flexibility index (Phi) is 4.40. The summed E-state index contributed by atoms with van der Waals surface area (Å²) in [5.41, 5.74) is -0.0312. The zero-order valence-corrected chi connectivity index (χ0v) is 10.1. The predicted octanol–water partition coefficient (Wildman–Crippen LogP) is 3.01. The van der Waals surface area contributed by atoms with E-state index in [2.05, 4.69) is 48.5 Å². The summed E-state index contributed by atoms with van der Waals surface area (Å²) in [4.78, 5) is 0. The SMILES string of the molecule is CC(C)(C)OC(C)(C)C.CC1CO1. The molecule has 0 aromatic carbocycles. The fourth-order valence-electron chi connectivity index (χ4n) is 1.01. The van der Waals surface area contributed by atoms with E-state index in [1.807, 2.05) is 0 Å². The highest BCUT2D eigenvalue weighted by molar-refractivity contribution is 4.68. The summed E-state index contributed by atoms with van der Waals surface area (Å²) >= 11 is 0. The van der Waals surface area contributed by atoms with Crippen LogP contribution in [0.2, 0.25) is 0 Å². The van der Waals surface area contributed by atoms with Gasteiger partial charge >= 0.3 is 0 Å². The summed E-state index contributed by atoms with van der Waals surface area (Å²) < 4.78 is 10.3. The molecule has 13 heavy (non-hydrogen) atoms. The first-order chi connectivity index (χ1) is 5.60. The van der Waals surface area contributed by atoms with Crippen LogP contribution in [0.15, 0.2) is 0 Å². The van der Waals surface area contributed by atoms with Crippen molar-refractivity contribution in [2.24, 2.45) is 0 Å². The Labute approximate surface area is 82.6 Å². The van der Waals surface area contributed by atoms with Gasteiger partial charge in [-0.25, -0.2) is 0 Å². The van der Waals surface area contributed by atoms with E-state index >= 15 is 0 Å². The maximum absolute atomic E-state index is 5.62. The molecule has 0 amide bonds. The Balaban J connectivity index is 0.000000293.